The second-order valence-corrected chi connectivity index (χ2v) is 5.76. The maximum absolute atomic E-state index is 12.6. The number of hydrogen-bond acceptors (Lipinski definition) is 1. The van der Waals surface area contributed by atoms with Crippen LogP contribution in [0.4, 0.5) is 13.2 Å². The lowest BCUT2D eigenvalue weighted by molar-refractivity contribution is -0.140. The number of carbonyl (C=O) groups is 1. The molecule has 0 saturated carbocycles. The number of halogens is 3. The van der Waals surface area contributed by atoms with Gasteiger partial charge in [0.05, 0.1) is 11.5 Å². The smallest absolute Gasteiger partial charge is 0.416 e. The summed E-state index contributed by atoms with van der Waals surface area (Å²) >= 11 is 0. The molecule has 1 unspecified atom stereocenters. The minimum Gasteiger partial charge on any atom is -0.481 e. The van der Waals surface area contributed by atoms with E-state index in [1.807, 2.05) is 13.8 Å². The molecule has 2 nitrogen and oxygen atoms in total. The molecule has 0 saturated heterocycles. The zero-order valence-electron chi connectivity index (χ0n) is 12.8. The van der Waals surface area contributed by atoms with Crippen molar-refractivity contribution in [2.45, 2.75) is 25.9 Å². The predicted molar refractivity (Wildman–Crippen MR) is 82.1 cm³/mol. The van der Waals surface area contributed by atoms with Crippen molar-refractivity contribution in [1.82, 2.24) is 0 Å². The molecule has 0 fully saturated rings. The number of benzene rings is 2. The fraction of sp³-hybridized carbons (Fsp3) is 0.278. The Kier molecular flexibility index (Phi) is 4.78. The fourth-order valence-corrected chi connectivity index (χ4v) is 2.58. The van der Waals surface area contributed by atoms with Crippen molar-refractivity contribution in [3.05, 3.63) is 59.7 Å². The zero-order chi connectivity index (χ0) is 17.2. The van der Waals surface area contributed by atoms with Gasteiger partial charge in [0, 0.05) is 0 Å². The Labute approximate surface area is 132 Å². The van der Waals surface area contributed by atoms with E-state index in [1.165, 1.54) is 12.1 Å². The Bertz CT molecular complexity index is 688. The molecule has 2 aromatic carbocycles. The second-order valence-electron chi connectivity index (χ2n) is 5.76. The highest BCUT2D eigenvalue weighted by Gasteiger charge is 2.30. The lowest BCUT2D eigenvalue weighted by Gasteiger charge is -2.17. The topological polar surface area (TPSA) is 37.3 Å². The maximum atomic E-state index is 12.6. The predicted octanol–water partition coefficient (Wildman–Crippen LogP) is 5.20. The van der Waals surface area contributed by atoms with Crippen LogP contribution in [0.15, 0.2) is 48.5 Å². The number of aliphatic carboxylic acids is 1. The Balaban J connectivity index is 2.38. The van der Waals surface area contributed by atoms with Crippen LogP contribution < -0.4 is 0 Å². The monoisotopic (exact) mass is 322 g/mol. The van der Waals surface area contributed by atoms with E-state index >= 15 is 0 Å². The Morgan fingerprint density at radius 3 is 2.09 bits per heavy atom. The molecule has 0 amide bonds. The van der Waals surface area contributed by atoms with Crippen molar-refractivity contribution >= 4 is 5.97 Å². The molecule has 0 aliphatic heterocycles. The molecule has 5 heteroatoms. The Hall–Kier alpha value is -2.30. The molecule has 122 valence electrons. The summed E-state index contributed by atoms with van der Waals surface area (Å²) in [6, 6.07) is 11.8. The van der Waals surface area contributed by atoms with Gasteiger partial charge in [0.15, 0.2) is 0 Å². The molecule has 0 radical (unpaired) electrons. The van der Waals surface area contributed by atoms with Gasteiger partial charge in [-0.1, -0.05) is 50.2 Å². The van der Waals surface area contributed by atoms with Crippen LogP contribution in [-0.2, 0) is 11.0 Å². The van der Waals surface area contributed by atoms with Crippen molar-refractivity contribution in [3.8, 4) is 11.1 Å². The van der Waals surface area contributed by atoms with Crippen molar-refractivity contribution in [1.29, 1.82) is 0 Å². The van der Waals surface area contributed by atoms with Gasteiger partial charge < -0.3 is 5.11 Å². The van der Waals surface area contributed by atoms with Crippen molar-refractivity contribution in [2.24, 2.45) is 5.92 Å². The average molecular weight is 322 g/mol. The highest BCUT2D eigenvalue weighted by Crippen LogP contribution is 2.32. The second kappa shape index (κ2) is 6.44. The van der Waals surface area contributed by atoms with Gasteiger partial charge in [0.1, 0.15) is 0 Å². The van der Waals surface area contributed by atoms with E-state index in [0.29, 0.717) is 16.7 Å². The highest BCUT2D eigenvalue weighted by molar-refractivity contribution is 5.77. The summed E-state index contributed by atoms with van der Waals surface area (Å²) in [4.78, 5) is 11.4. The minimum absolute atomic E-state index is 0.0876. The van der Waals surface area contributed by atoms with Crippen molar-refractivity contribution in [2.75, 3.05) is 0 Å². The zero-order valence-corrected chi connectivity index (χ0v) is 12.8. The van der Waals surface area contributed by atoms with Gasteiger partial charge in [-0.25, -0.2) is 0 Å². The van der Waals surface area contributed by atoms with Crippen LogP contribution in [0.3, 0.4) is 0 Å². The lowest BCUT2D eigenvalue weighted by Crippen LogP contribution is -2.17. The van der Waals surface area contributed by atoms with Crippen LogP contribution in [0.25, 0.3) is 11.1 Å². The molecular weight excluding hydrogens is 305 g/mol. The molecule has 0 aliphatic carbocycles. The van der Waals surface area contributed by atoms with E-state index < -0.39 is 23.6 Å². The van der Waals surface area contributed by atoms with Crippen LogP contribution in [0.1, 0.15) is 30.9 Å². The van der Waals surface area contributed by atoms with Gasteiger partial charge in [-0.3, -0.25) is 4.79 Å². The third kappa shape index (κ3) is 3.92. The van der Waals surface area contributed by atoms with E-state index in [4.69, 9.17) is 0 Å². The molecular formula is C18H17F3O2. The first kappa shape index (κ1) is 17.1. The van der Waals surface area contributed by atoms with Gasteiger partial charge in [0.25, 0.3) is 0 Å². The molecule has 0 aromatic heterocycles. The van der Waals surface area contributed by atoms with Crippen LogP contribution in [0.5, 0.6) is 0 Å². The quantitative estimate of drug-likeness (QED) is 0.840. The normalized spacial score (nSPS) is 13.1. The van der Waals surface area contributed by atoms with E-state index in [0.717, 1.165) is 12.1 Å². The van der Waals surface area contributed by atoms with Gasteiger partial charge in [0.2, 0.25) is 0 Å². The summed E-state index contributed by atoms with van der Waals surface area (Å²) in [7, 11) is 0. The molecule has 2 rings (SSSR count). The molecule has 2 aromatic rings. The summed E-state index contributed by atoms with van der Waals surface area (Å²) in [6.45, 7) is 3.65. The third-order valence-electron chi connectivity index (χ3n) is 3.72. The van der Waals surface area contributed by atoms with Gasteiger partial charge >= 0.3 is 12.1 Å². The molecule has 0 aliphatic rings. The summed E-state index contributed by atoms with van der Waals surface area (Å²) in [5, 5.41) is 9.36. The molecule has 23 heavy (non-hydrogen) atoms. The summed E-state index contributed by atoms with van der Waals surface area (Å²) in [5.74, 6) is -1.65. The van der Waals surface area contributed by atoms with Gasteiger partial charge in [-0.05, 0) is 34.7 Å². The van der Waals surface area contributed by atoms with Gasteiger partial charge in [-0.2, -0.15) is 13.2 Å². The number of carboxylic acid groups (broad SMARTS) is 1. The standard InChI is InChI=1S/C18H17F3O2/c1-11(2)16(17(22)23)14-5-3-4-13(10-14)12-6-8-15(9-7-12)18(19,20)21/h3-11,16H,1-2H3,(H,22,23). The first-order valence-corrected chi connectivity index (χ1v) is 7.20. The summed E-state index contributed by atoms with van der Waals surface area (Å²) in [6.07, 6.45) is -4.37. The molecule has 0 bridgehead atoms. The third-order valence-corrected chi connectivity index (χ3v) is 3.72. The largest absolute Gasteiger partial charge is 0.481 e. The number of hydrogen-bond donors (Lipinski definition) is 1. The summed E-state index contributed by atoms with van der Waals surface area (Å²) in [5.41, 5.74) is 1.25. The Morgan fingerprint density at radius 1 is 1.00 bits per heavy atom. The van der Waals surface area contributed by atoms with Crippen molar-refractivity contribution in [3.63, 3.8) is 0 Å². The van der Waals surface area contributed by atoms with Crippen LogP contribution in [0, 0.1) is 5.92 Å². The minimum atomic E-state index is -4.37. The van der Waals surface area contributed by atoms with Crippen LogP contribution >= 0.6 is 0 Å². The number of rotatable bonds is 4. The average Bonchev–Trinajstić information content (AvgIpc) is 2.46. The molecule has 0 spiro atoms. The summed E-state index contributed by atoms with van der Waals surface area (Å²) < 4.78 is 37.8. The highest BCUT2D eigenvalue weighted by atomic mass is 19.4. The lowest BCUT2D eigenvalue weighted by atomic mass is 9.87. The fourth-order valence-electron chi connectivity index (χ4n) is 2.58. The number of alkyl halides is 3. The van der Waals surface area contributed by atoms with E-state index in [2.05, 4.69) is 0 Å². The first-order chi connectivity index (χ1) is 10.7. The van der Waals surface area contributed by atoms with E-state index in [1.54, 1.807) is 24.3 Å². The van der Waals surface area contributed by atoms with Crippen molar-refractivity contribution < 1.29 is 23.1 Å². The maximum Gasteiger partial charge on any atom is 0.416 e. The first-order valence-electron chi connectivity index (χ1n) is 7.20. The van der Waals surface area contributed by atoms with Gasteiger partial charge in [-0.15, -0.1) is 0 Å². The number of carboxylic acids is 1. The molecule has 0 heterocycles. The molecule has 1 N–H and O–H groups in total. The Morgan fingerprint density at radius 2 is 1.61 bits per heavy atom. The SMILES string of the molecule is CC(C)C(C(=O)O)c1cccc(-c2ccc(C(F)(F)F)cc2)c1. The van der Waals surface area contributed by atoms with E-state index in [9.17, 15) is 23.1 Å². The van der Waals surface area contributed by atoms with Crippen LogP contribution in [0.2, 0.25) is 0 Å². The van der Waals surface area contributed by atoms with Crippen LogP contribution in [-0.4, -0.2) is 11.1 Å². The molecule has 1 atom stereocenters. The van der Waals surface area contributed by atoms with E-state index in [-0.39, 0.29) is 5.92 Å².